The second-order valence-corrected chi connectivity index (χ2v) is 7.19. The number of aryl methyl sites for hydroxylation is 4. The Morgan fingerprint density at radius 2 is 1.21 bits per heavy atom. The molecule has 2 rings (SSSR count). The Morgan fingerprint density at radius 3 is 1.54 bits per heavy atom. The topological polar surface area (TPSA) is 52.6 Å². The highest BCUT2D eigenvalue weighted by atomic mass is 32.2. The molecule has 0 aromatic heterocycles. The van der Waals surface area contributed by atoms with Crippen LogP contribution < -0.4 is 9.47 Å². The van der Waals surface area contributed by atoms with Crippen LogP contribution in [0.25, 0.3) is 0 Å². The molecule has 0 fully saturated rings. The van der Waals surface area contributed by atoms with E-state index in [0.717, 1.165) is 37.8 Å². The summed E-state index contributed by atoms with van der Waals surface area (Å²) in [4.78, 5) is 12.7. The van der Waals surface area contributed by atoms with Gasteiger partial charge in [-0.3, -0.25) is 4.79 Å². The zero-order valence-electron chi connectivity index (χ0n) is 14.9. The number of hydrogen-bond acceptors (Lipinski definition) is 4. The summed E-state index contributed by atoms with van der Waals surface area (Å²) in [7, 11) is 0.298. The number of methoxy groups -OCH3 is 1. The Balaban J connectivity index is 2.53. The van der Waals surface area contributed by atoms with Crippen molar-refractivity contribution in [3.05, 3.63) is 46.5 Å². The first-order chi connectivity index (χ1) is 11.2. The van der Waals surface area contributed by atoms with E-state index in [0.29, 0.717) is 5.75 Å². The van der Waals surface area contributed by atoms with Gasteiger partial charge in [-0.2, -0.15) is 0 Å². The number of esters is 1. The molecular formula is C19H22O4S. The number of carbonyl (C=O) groups is 1. The molecule has 1 unspecified atom stereocenters. The first-order valence-corrected chi connectivity index (χ1v) is 8.76. The van der Waals surface area contributed by atoms with Crippen molar-refractivity contribution in [2.45, 2.75) is 44.4 Å². The van der Waals surface area contributed by atoms with Crippen molar-refractivity contribution in [3.63, 3.8) is 0 Å². The van der Waals surface area contributed by atoms with Crippen LogP contribution in [0.4, 0.5) is 0 Å². The van der Waals surface area contributed by atoms with Gasteiger partial charge in [0, 0.05) is 16.7 Å². The minimum absolute atomic E-state index is 0.371. The molecule has 1 atom stereocenters. The summed E-state index contributed by atoms with van der Waals surface area (Å²) in [5.41, 5.74) is 3.51. The molecule has 128 valence electrons. The van der Waals surface area contributed by atoms with Crippen LogP contribution >= 0.6 is 0 Å². The SMILES string of the molecule is COc1cc(C)c(S(=O)c2c(C)cc(OC(C)=O)cc2C)c(C)c1. The largest absolute Gasteiger partial charge is 0.497 e. The number of rotatable bonds is 4. The predicted molar refractivity (Wildman–Crippen MR) is 94.4 cm³/mol. The van der Waals surface area contributed by atoms with Gasteiger partial charge in [0.2, 0.25) is 0 Å². The second kappa shape index (κ2) is 7.18. The van der Waals surface area contributed by atoms with Crippen LogP contribution in [0.3, 0.4) is 0 Å². The Hall–Kier alpha value is -2.14. The Labute approximate surface area is 145 Å². The zero-order chi connectivity index (χ0) is 18.0. The van der Waals surface area contributed by atoms with Crippen molar-refractivity contribution in [1.29, 1.82) is 0 Å². The van der Waals surface area contributed by atoms with Crippen LogP contribution in [0.2, 0.25) is 0 Å². The standard InChI is InChI=1S/C19H22O4S/c1-11-7-16(22-6)8-12(2)18(11)24(21)19-13(3)9-17(10-14(19)4)23-15(5)20/h7-10H,1-6H3. The van der Waals surface area contributed by atoms with Gasteiger partial charge in [-0.15, -0.1) is 0 Å². The lowest BCUT2D eigenvalue weighted by Crippen LogP contribution is -2.06. The molecule has 2 aromatic rings. The van der Waals surface area contributed by atoms with Gasteiger partial charge in [-0.1, -0.05) is 0 Å². The van der Waals surface area contributed by atoms with Crippen molar-refractivity contribution in [2.24, 2.45) is 0 Å². The lowest BCUT2D eigenvalue weighted by Gasteiger charge is -2.16. The van der Waals surface area contributed by atoms with Gasteiger partial charge in [0.25, 0.3) is 0 Å². The third-order valence-corrected chi connectivity index (χ3v) is 5.77. The van der Waals surface area contributed by atoms with E-state index in [1.165, 1.54) is 6.92 Å². The molecule has 2 aromatic carbocycles. The van der Waals surface area contributed by atoms with Crippen LogP contribution in [0.5, 0.6) is 11.5 Å². The Morgan fingerprint density at radius 1 is 0.833 bits per heavy atom. The summed E-state index contributed by atoms with van der Waals surface area (Å²) in [6.45, 7) is 8.98. The minimum Gasteiger partial charge on any atom is -0.497 e. The molecule has 0 N–H and O–H groups in total. The van der Waals surface area contributed by atoms with Crippen molar-refractivity contribution in [2.75, 3.05) is 7.11 Å². The summed E-state index contributed by atoms with van der Waals surface area (Å²) in [5, 5.41) is 0. The number of benzene rings is 2. The van der Waals surface area contributed by atoms with Gasteiger partial charge in [-0.05, 0) is 74.2 Å². The zero-order valence-corrected chi connectivity index (χ0v) is 15.7. The quantitative estimate of drug-likeness (QED) is 0.620. The van der Waals surface area contributed by atoms with E-state index < -0.39 is 10.8 Å². The Bertz CT molecular complexity index is 778. The maximum Gasteiger partial charge on any atom is 0.308 e. The summed E-state index contributed by atoms with van der Waals surface area (Å²) in [5.74, 6) is 0.857. The molecule has 5 heteroatoms. The molecule has 0 saturated heterocycles. The molecular weight excluding hydrogens is 324 g/mol. The molecule has 0 heterocycles. The molecule has 0 spiro atoms. The maximum atomic E-state index is 13.2. The van der Waals surface area contributed by atoms with Gasteiger partial charge in [0.15, 0.2) is 0 Å². The lowest BCUT2D eigenvalue weighted by molar-refractivity contribution is -0.131. The highest BCUT2D eigenvalue weighted by molar-refractivity contribution is 7.85. The molecule has 0 aliphatic carbocycles. The molecule has 0 aliphatic rings. The molecule has 0 radical (unpaired) electrons. The van der Waals surface area contributed by atoms with Crippen LogP contribution in [-0.4, -0.2) is 17.3 Å². The van der Waals surface area contributed by atoms with Gasteiger partial charge in [0.1, 0.15) is 11.5 Å². The monoisotopic (exact) mass is 346 g/mol. The smallest absolute Gasteiger partial charge is 0.308 e. The molecule has 4 nitrogen and oxygen atoms in total. The molecule has 0 bridgehead atoms. The average Bonchev–Trinajstić information content (AvgIpc) is 2.44. The average molecular weight is 346 g/mol. The Kier molecular flexibility index (Phi) is 5.44. The molecule has 0 saturated carbocycles. The normalized spacial score (nSPS) is 11.9. The highest BCUT2D eigenvalue weighted by Gasteiger charge is 2.19. The predicted octanol–water partition coefficient (Wildman–Crippen LogP) is 4.02. The minimum atomic E-state index is -1.32. The van der Waals surface area contributed by atoms with E-state index in [1.54, 1.807) is 19.2 Å². The van der Waals surface area contributed by atoms with Crippen LogP contribution in [0.15, 0.2) is 34.1 Å². The fraction of sp³-hybridized carbons (Fsp3) is 0.316. The van der Waals surface area contributed by atoms with Crippen molar-refractivity contribution < 1.29 is 18.5 Å². The molecule has 0 aliphatic heterocycles. The third-order valence-electron chi connectivity index (χ3n) is 3.74. The van der Waals surface area contributed by atoms with Crippen LogP contribution in [0.1, 0.15) is 29.2 Å². The second-order valence-electron chi connectivity index (χ2n) is 5.84. The van der Waals surface area contributed by atoms with E-state index >= 15 is 0 Å². The van der Waals surface area contributed by atoms with Gasteiger partial charge in [0.05, 0.1) is 17.9 Å². The van der Waals surface area contributed by atoms with E-state index in [9.17, 15) is 9.00 Å². The summed E-state index contributed by atoms with van der Waals surface area (Å²) in [6, 6.07) is 7.27. The first kappa shape index (κ1) is 18.2. The molecule has 24 heavy (non-hydrogen) atoms. The first-order valence-electron chi connectivity index (χ1n) is 7.61. The molecule has 0 amide bonds. The van der Waals surface area contributed by atoms with Gasteiger partial charge >= 0.3 is 5.97 Å². The van der Waals surface area contributed by atoms with Gasteiger partial charge < -0.3 is 9.47 Å². The number of ether oxygens (including phenoxy) is 2. The fourth-order valence-electron chi connectivity index (χ4n) is 2.85. The highest BCUT2D eigenvalue weighted by Crippen LogP contribution is 2.32. The third kappa shape index (κ3) is 3.67. The fourth-order valence-corrected chi connectivity index (χ4v) is 4.46. The van der Waals surface area contributed by atoms with Crippen molar-refractivity contribution >= 4 is 16.8 Å². The number of hydrogen-bond donors (Lipinski definition) is 0. The summed E-state index contributed by atoms with van der Waals surface area (Å²) < 4.78 is 23.6. The van der Waals surface area contributed by atoms with Crippen molar-refractivity contribution in [1.82, 2.24) is 0 Å². The van der Waals surface area contributed by atoms with Crippen molar-refractivity contribution in [3.8, 4) is 11.5 Å². The number of carbonyl (C=O) groups excluding carboxylic acids is 1. The van der Waals surface area contributed by atoms with E-state index in [2.05, 4.69) is 0 Å². The van der Waals surface area contributed by atoms with E-state index in [4.69, 9.17) is 9.47 Å². The van der Waals surface area contributed by atoms with Crippen LogP contribution in [-0.2, 0) is 15.6 Å². The van der Waals surface area contributed by atoms with E-state index in [-0.39, 0.29) is 5.97 Å². The summed E-state index contributed by atoms with van der Waals surface area (Å²) >= 11 is 0. The van der Waals surface area contributed by atoms with E-state index in [1.807, 2.05) is 39.8 Å². The lowest BCUT2D eigenvalue weighted by atomic mass is 10.1. The van der Waals surface area contributed by atoms with Gasteiger partial charge in [-0.25, -0.2) is 4.21 Å². The summed E-state index contributed by atoms with van der Waals surface area (Å²) in [6.07, 6.45) is 0. The maximum absolute atomic E-state index is 13.2. The van der Waals surface area contributed by atoms with Crippen LogP contribution in [0, 0.1) is 27.7 Å².